The van der Waals surface area contributed by atoms with Crippen molar-refractivity contribution in [1.29, 1.82) is 0 Å². The molecule has 1 aliphatic rings. The maximum Gasteiger partial charge on any atom is 0.123 e. The molecule has 0 aliphatic heterocycles. The molecule has 2 atom stereocenters. The van der Waals surface area contributed by atoms with Crippen molar-refractivity contribution in [2.45, 2.75) is 24.8 Å². The van der Waals surface area contributed by atoms with Crippen molar-refractivity contribution in [3.05, 3.63) is 71.0 Å². The molecule has 1 nitrogen and oxygen atoms in total. The maximum atomic E-state index is 13.1. The van der Waals surface area contributed by atoms with E-state index in [2.05, 4.69) is 29.6 Å². The zero-order chi connectivity index (χ0) is 13.2. The summed E-state index contributed by atoms with van der Waals surface area (Å²) in [4.78, 5) is 0. The van der Waals surface area contributed by atoms with E-state index in [1.807, 2.05) is 19.2 Å². The number of hydrogen-bond acceptors (Lipinski definition) is 1. The van der Waals surface area contributed by atoms with Gasteiger partial charge in [-0.25, -0.2) is 4.39 Å². The molecule has 3 heteroatoms. The summed E-state index contributed by atoms with van der Waals surface area (Å²) in [5.74, 6) is 0.224. The molecule has 0 radical (unpaired) electrons. The lowest BCUT2D eigenvalue weighted by atomic mass is 9.77. The average molecular weight is 292 g/mol. The van der Waals surface area contributed by atoms with E-state index in [-0.39, 0.29) is 18.2 Å². The molecule has 2 aromatic rings. The van der Waals surface area contributed by atoms with Gasteiger partial charge in [0, 0.05) is 12.0 Å². The summed E-state index contributed by atoms with van der Waals surface area (Å²) in [6.45, 7) is 0. The van der Waals surface area contributed by atoms with E-state index in [1.54, 1.807) is 12.1 Å². The molecular weight excluding hydrogens is 273 g/mol. The highest BCUT2D eigenvalue weighted by Gasteiger charge is 2.26. The van der Waals surface area contributed by atoms with Gasteiger partial charge in [-0.15, -0.1) is 12.4 Å². The molecule has 0 saturated carbocycles. The standard InChI is InChI=1S/C17H18FN.ClH/c1-19-17-11-10-14(12-6-8-13(18)9-7-12)15-4-2-3-5-16(15)17;/h2-9,14,17,19H,10-11H2,1H3;1H. The molecule has 0 bridgehead atoms. The molecule has 0 saturated heterocycles. The van der Waals surface area contributed by atoms with Gasteiger partial charge in [-0.1, -0.05) is 36.4 Å². The Morgan fingerprint density at radius 1 is 0.950 bits per heavy atom. The first kappa shape index (κ1) is 15.0. The summed E-state index contributed by atoms with van der Waals surface area (Å²) in [6.07, 6.45) is 2.23. The van der Waals surface area contributed by atoms with Gasteiger partial charge in [0.2, 0.25) is 0 Å². The molecule has 2 unspecified atom stereocenters. The Balaban J connectivity index is 0.00000147. The van der Waals surface area contributed by atoms with Gasteiger partial charge in [-0.2, -0.15) is 0 Å². The zero-order valence-electron chi connectivity index (χ0n) is 11.5. The monoisotopic (exact) mass is 291 g/mol. The number of nitrogens with one attached hydrogen (secondary N) is 1. The minimum absolute atomic E-state index is 0. The van der Waals surface area contributed by atoms with Gasteiger partial charge in [0.15, 0.2) is 0 Å². The molecule has 1 aliphatic carbocycles. The van der Waals surface area contributed by atoms with E-state index in [1.165, 1.54) is 16.7 Å². The fourth-order valence-electron chi connectivity index (χ4n) is 3.13. The van der Waals surface area contributed by atoms with Crippen LogP contribution in [0.5, 0.6) is 0 Å². The third-order valence-corrected chi connectivity index (χ3v) is 4.11. The van der Waals surface area contributed by atoms with Crippen LogP contribution in [0.3, 0.4) is 0 Å². The molecule has 106 valence electrons. The second-order valence-corrected chi connectivity index (χ2v) is 5.15. The van der Waals surface area contributed by atoms with E-state index >= 15 is 0 Å². The Kier molecular flexibility index (Phi) is 4.79. The first-order valence-electron chi connectivity index (χ1n) is 6.81. The highest BCUT2D eigenvalue weighted by molar-refractivity contribution is 5.85. The van der Waals surface area contributed by atoms with Crippen molar-refractivity contribution >= 4 is 12.4 Å². The Morgan fingerprint density at radius 3 is 2.25 bits per heavy atom. The normalized spacial score (nSPS) is 20.9. The van der Waals surface area contributed by atoms with Gasteiger partial charge in [0.05, 0.1) is 0 Å². The summed E-state index contributed by atoms with van der Waals surface area (Å²) in [7, 11) is 2.01. The van der Waals surface area contributed by atoms with Gasteiger partial charge in [-0.05, 0) is 48.7 Å². The Hall–Kier alpha value is -1.38. The van der Waals surface area contributed by atoms with Crippen LogP contribution in [0.1, 0.15) is 41.5 Å². The second-order valence-electron chi connectivity index (χ2n) is 5.15. The zero-order valence-corrected chi connectivity index (χ0v) is 12.3. The van der Waals surface area contributed by atoms with Crippen LogP contribution in [-0.4, -0.2) is 7.05 Å². The first-order valence-corrected chi connectivity index (χ1v) is 6.81. The largest absolute Gasteiger partial charge is 0.313 e. The summed E-state index contributed by atoms with van der Waals surface area (Å²) in [6, 6.07) is 16.0. The third-order valence-electron chi connectivity index (χ3n) is 4.11. The molecule has 1 N–H and O–H groups in total. The highest BCUT2D eigenvalue weighted by atomic mass is 35.5. The van der Waals surface area contributed by atoms with Crippen LogP contribution in [0.2, 0.25) is 0 Å². The van der Waals surface area contributed by atoms with Gasteiger partial charge < -0.3 is 5.32 Å². The van der Waals surface area contributed by atoms with Crippen LogP contribution in [-0.2, 0) is 0 Å². The lowest BCUT2D eigenvalue weighted by Gasteiger charge is -2.31. The minimum atomic E-state index is -0.166. The van der Waals surface area contributed by atoms with E-state index in [0.717, 1.165) is 12.8 Å². The predicted octanol–water partition coefficient (Wildman–Crippen LogP) is 4.43. The molecule has 0 fully saturated rings. The van der Waals surface area contributed by atoms with Crippen molar-refractivity contribution in [2.24, 2.45) is 0 Å². The lowest BCUT2D eigenvalue weighted by Crippen LogP contribution is -2.24. The molecule has 2 aromatic carbocycles. The summed E-state index contributed by atoms with van der Waals surface area (Å²) in [5.41, 5.74) is 3.97. The molecule has 0 amide bonds. The summed E-state index contributed by atoms with van der Waals surface area (Å²) in [5, 5.41) is 3.38. The number of rotatable bonds is 2. The Bertz CT molecular complexity index is 567. The quantitative estimate of drug-likeness (QED) is 0.863. The van der Waals surface area contributed by atoms with Gasteiger partial charge >= 0.3 is 0 Å². The lowest BCUT2D eigenvalue weighted by molar-refractivity contribution is 0.470. The molecule has 3 rings (SSSR count). The molecule has 0 aromatic heterocycles. The van der Waals surface area contributed by atoms with Crippen LogP contribution >= 0.6 is 12.4 Å². The second kappa shape index (κ2) is 6.38. The van der Waals surface area contributed by atoms with E-state index < -0.39 is 0 Å². The van der Waals surface area contributed by atoms with Crippen molar-refractivity contribution in [3.8, 4) is 0 Å². The highest BCUT2D eigenvalue weighted by Crippen LogP contribution is 2.40. The van der Waals surface area contributed by atoms with E-state index in [9.17, 15) is 4.39 Å². The topological polar surface area (TPSA) is 12.0 Å². The molecular formula is C17H19ClFN. The van der Waals surface area contributed by atoms with Crippen LogP contribution in [0.25, 0.3) is 0 Å². The van der Waals surface area contributed by atoms with Crippen molar-refractivity contribution < 1.29 is 4.39 Å². The third kappa shape index (κ3) is 2.72. The Labute approximate surface area is 125 Å². The van der Waals surface area contributed by atoms with Crippen molar-refractivity contribution in [3.63, 3.8) is 0 Å². The van der Waals surface area contributed by atoms with Gasteiger partial charge in [0.25, 0.3) is 0 Å². The Morgan fingerprint density at radius 2 is 1.60 bits per heavy atom. The maximum absolute atomic E-state index is 13.1. The van der Waals surface area contributed by atoms with E-state index in [4.69, 9.17) is 0 Å². The van der Waals surface area contributed by atoms with E-state index in [0.29, 0.717) is 12.0 Å². The van der Waals surface area contributed by atoms with Crippen LogP contribution in [0, 0.1) is 5.82 Å². The van der Waals surface area contributed by atoms with Crippen LogP contribution in [0.15, 0.2) is 48.5 Å². The fraction of sp³-hybridized carbons (Fsp3) is 0.294. The number of fused-ring (bicyclic) bond motifs is 1. The average Bonchev–Trinajstić information content (AvgIpc) is 2.47. The van der Waals surface area contributed by atoms with Crippen LogP contribution in [0.4, 0.5) is 4.39 Å². The molecule has 0 heterocycles. The SMILES string of the molecule is CNC1CCC(c2ccc(F)cc2)c2ccccc21.Cl. The number of halogens is 2. The fourth-order valence-corrected chi connectivity index (χ4v) is 3.13. The number of benzene rings is 2. The smallest absolute Gasteiger partial charge is 0.123 e. The minimum Gasteiger partial charge on any atom is -0.313 e. The summed E-state index contributed by atoms with van der Waals surface area (Å²) >= 11 is 0. The van der Waals surface area contributed by atoms with Crippen molar-refractivity contribution in [1.82, 2.24) is 5.32 Å². The van der Waals surface area contributed by atoms with Crippen LogP contribution < -0.4 is 5.32 Å². The first-order chi connectivity index (χ1) is 9.29. The van der Waals surface area contributed by atoms with Gasteiger partial charge in [-0.3, -0.25) is 0 Å². The molecule has 20 heavy (non-hydrogen) atoms. The predicted molar refractivity (Wildman–Crippen MR) is 83.0 cm³/mol. The number of hydrogen-bond donors (Lipinski definition) is 1. The summed E-state index contributed by atoms with van der Waals surface area (Å²) < 4.78 is 13.1. The van der Waals surface area contributed by atoms with Crippen molar-refractivity contribution in [2.75, 3.05) is 7.05 Å². The van der Waals surface area contributed by atoms with Gasteiger partial charge in [0.1, 0.15) is 5.82 Å². The molecule has 0 spiro atoms.